The van der Waals surface area contributed by atoms with Gasteiger partial charge in [0.2, 0.25) is 0 Å². The molecule has 12 heavy (non-hydrogen) atoms. The van der Waals surface area contributed by atoms with Gasteiger partial charge in [0.25, 0.3) is 0 Å². The van der Waals surface area contributed by atoms with E-state index in [2.05, 4.69) is 16.2 Å². The minimum absolute atomic E-state index is 0.715. The molecule has 0 saturated carbocycles. The fourth-order valence-electron chi connectivity index (χ4n) is 0.788. The molecule has 1 rings (SSSR count). The lowest BCUT2D eigenvalue weighted by atomic mass is 10.3. The average Bonchev–Trinajstić information content (AvgIpc) is 2.15. The molecule has 2 N–H and O–H groups in total. The van der Waals surface area contributed by atoms with Crippen molar-refractivity contribution >= 4 is 5.69 Å². The van der Waals surface area contributed by atoms with Gasteiger partial charge in [-0.1, -0.05) is 6.07 Å². The highest BCUT2D eigenvalue weighted by molar-refractivity contribution is 5.47. The largest absolute Gasteiger partial charge is 0.497 e. The summed E-state index contributed by atoms with van der Waals surface area (Å²) in [5, 5.41) is 2.43. The molecule has 5 heteroatoms. The molecule has 0 aliphatic carbocycles. The summed E-state index contributed by atoms with van der Waals surface area (Å²) in [6.45, 7) is 0. The van der Waals surface area contributed by atoms with Gasteiger partial charge in [0.15, 0.2) is 0 Å². The molecule has 0 atom stereocenters. The first-order chi connectivity index (χ1) is 5.86. The van der Waals surface area contributed by atoms with Gasteiger partial charge in [0, 0.05) is 6.07 Å². The number of nitrogens with zero attached hydrogens (tertiary/aromatic N) is 1. The quantitative estimate of drug-likeness (QED) is 0.524. The second-order valence-corrected chi connectivity index (χ2v) is 2.06. The van der Waals surface area contributed by atoms with Crippen LogP contribution in [0.15, 0.2) is 29.6 Å². The number of hydrogen-bond donors (Lipinski definition) is 2. The zero-order valence-electron chi connectivity index (χ0n) is 6.57. The molecular weight excluding hydrogens is 158 g/mol. The van der Waals surface area contributed by atoms with Crippen LogP contribution in [0.1, 0.15) is 0 Å². The van der Waals surface area contributed by atoms with E-state index in [9.17, 15) is 4.91 Å². The standard InChI is InChI=1S/C7H9N3O2/c1-12-7-4-2-3-6(5-7)8-9-10-11/h2-5H,1H3,(H,8,10)(H,9,11). The Morgan fingerprint density at radius 1 is 1.50 bits per heavy atom. The number of benzene rings is 1. The molecule has 0 heterocycles. The van der Waals surface area contributed by atoms with Crippen molar-refractivity contribution in [2.45, 2.75) is 0 Å². The van der Waals surface area contributed by atoms with Crippen LogP contribution < -0.4 is 15.7 Å². The summed E-state index contributed by atoms with van der Waals surface area (Å²) in [6.07, 6.45) is 0. The monoisotopic (exact) mass is 167 g/mol. The molecule has 64 valence electrons. The van der Waals surface area contributed by atoms with Gasteiger partial charge in [-0.25, -0.2) is 0 Å². The maximum absolute atomic E-state index is 9.68. The summed E-state index contributed by atoms with van der Waals surface area (Å²) < 4.78 is 4.96. The van der Waals surface area contributed by atoms with E-state index in [4.69, 9.17) is 4.74 Å². The number of rotatable bonds is 4. The van der Waals surface area contributed by atoms with Crippen LogP contribution in [-0.4, -0.2) is 7.11 Å². The van der Waals surface area contributed by atoms with Gasteiger partial charge in [0.1, 0.15) is 5.75 Å². The van der Waals surface area contributed by atoms with Gasteiger partial charge in [0.05, 0.1) is 18.1 Å². The molecule has 0 bridgehead atoms. The predicted molar refractivity (Wildman–Crippen MR) is 45.5 cm³/mol. The number of hydrogen-bond acceptors (Lipinski definition) is 4. The van der Waals surface area contributed by atoms with Crippen molar-refractivity contribution in [3.05, 3.63) is 29.2 Å². The first kappa shape index (κ1) is 8.32. The highest BCUT2D eigenvalue weighted by Crippen LogP contribution is 2.15. The second kappa shape index (κ2) is 4.17. The molecule has 0 saturated heterocycles. The van der Waals surface area contributed by atoms with E-state index < -0.39 is 0 Å². The van der Waals surface area contributed by atoms with Crippen molar-refractivity contribution in [1.82, 2.24) is 5.53 Å². The molecule has 0 spiro atoms. The van der Waals surface area contributed by atoms with Crippen LogP contribution in [-0.2, 0) is 0 Å². The highest BCUT2D eigenvalue weighted by atomic mass is 16.5. The third-order valence-electron chi connectivity index (χ3n) is 1.32. The maximum Gasteiger partial charge on any atom is 0.120 e. The predicted octanol–water partition coefficient (Wildman–Crippen LogP) is 1.29. The number of anilines is 1. The molecule has 0 fully saturated rings. The van der Waals surface area contributed by atoms with Crippen molar-refractivity contribution in [3.8, 4) is 5.75 Å². The van der Waals surface area contributed by atoms with Crippen molar-refractivity contribution in [2.75, 3.05) is 12.5 Å². The van der Waals surface area contributed by atoms with E-state index >= 15 is 0 Å². The summed E-state index contributed by atoms with van der Waals surface area (Å²) in [7, 11) is 1.57. The summed E-state index contributed by atoms with van der Waals surface area (Å²) in [5.74, 6) is 0.715. The molecule has 0 radical (unpaired) electrons. The first-order valence-electron chi connectivity index (χ1n) is 3.34. The Hall–Kier alpha value is -1.78. The fourth-order valence-corrected chi connectivity index (χ4v) is 0.788. The minimum atomic E-state index is 0.715. The summed E-state index contributed by atoms with van der Waals surface area (Å²) >= 11 is 0. The molecule has 5 nitrogen and oxygen atoms in total. The van der Waals surface area contributed by atoms with Crippen molar-refractivity contribution in [1.29, 1.82) is 0 Å². The molecule has 1 aromatic carbocycles. The Kier molecular flexibility index (Phi) is 2.89. The van der Waals surface area contributed by atoms with E-state index in [1.807, 2.05) is 0 Å². The first-order valence-corrected chi connectivity index (χ1v) is 3.34. The second-order valence-electron chi connectivity index (χ2n) is 2.06. The van der Waals surface area contributed by atoms with Gasteiger partial charge in [-0.2, -0.15) is 5.53 Å². The van der Waals surface area contributed by atoms with Crippen LogP contribution in [0.2, 0.25) is 0 Å². The van der Waals surface area contributed by atoms with Crippen LogP contribution in [0.3, 0.4) is 0 Å². The fraction of sp³-hybridized carbons (Fsp3) is 0.143. The third kappa shape index (κ3) is 2.12. The Morgan fingerprint density at radius 2 is 2.33 bits per heavy atom. The molecule has 0 unspecified atom stereocenters. The van der Waals surface area contributed by atoms with E-state index in [0.717, 1.165) is 0 Å². The van der Waals surface area contributed by atoms with Gasteiger partial charge in [-0.15, -0.1) is 4.91 Å². The lowest BCUT2D eigenvalue weighted by Crippen LogP contribution is -2.13. The van der Waals surface area contributed by atoms with Crippen LogP contribution in [0.25, 0.3) is 0 Å². The summed E-state index contributed by atoms with van der Waals surface area (Å²) in [6, 6.07) is 7.12. The molecule has 0 aromatic heterocycles. The highest BCUT2D eigenvalue weighted by Gasteiger charge is 1.92. The number of nitroso groups, excluding NO2 is 1. The van der Waals surface area contributed by atoms with Gasteiger partial charge < -0.3 is 4.74 Å². The molecular formula is C7H9N3O2. The van der Waals surface area contributed by atoms with Crippen molar-refractivity contribution in [2.24, 2.45) is 5.29 Å². The smallest absolute Gasteiger partial charge is 0.120 e. The normalized spacial score (nSPS) is 8.75. The summed E-state index contributed by atoms with van der Waals surface area (Å²) in [5.41, 5.74) is 5.36. The van der Waals surface area contributed by atoms with E-state index in [1.54, 1.807) is 31.4 Å². The van der Waals surface area contributed by atoms with Crippen LogP contribution in [0.5, 0.6) is 5.75 Å². The van der Waals surface area contributed by atoms with E-state index in [-0.39, 0.29) is 0 Å². The Labute approximate surface area is 69.6 Å². The lowest BCUT2D eigenvalue weighted by molar-refractivity contribution is 0.415. The van der Waals surface area contributed by atoms with Crippen LogP contribution in [0.4, 0.5) is 5.69 Å². The van der Waals surface area contributed by atoms with Gasteiger partial charge >= 0.3 is 0 Å². The topological polar surface area (TPSA) is 62.7 Å². The molecule has 0 amide bonds. The van der Waals surface area contributed by atoms with E-state index in [1.165, 1.54) is 0 Å². The lowest BCUT2D eigenvalue weighted by Gasteiger charge is -2.04. The number of methoxy groups -OCH3 is 1. The molecule has 0 aliphatic heterocycles. The Bertz CT molecular complexity index is 265. The average molecular weight is 167 g/mol. The minimum Gasteiger partial charge on any atom is -0.497 e. The van der Waals surface area contributed by atoms with Crippen molar-refractivity contribution in [3.63, 3.8) is 0 Å². The zero-order chi connectivity index (χ0) is 8.81. The number of nitrogens with one attached hydrogen (secondary N) is 2. The zero-order valence-corrected chi connectivity index (χ0v) is 6.57. The third-order valence-corrected chi connectivity index (χ3v) is 1.32. The Balaban J connectivity index is 2.65. The van der Waals surface area contributed by atoms with Gasteiger partial charge in [-0.05, 0) is 12.1 Å². The summed E-state index contributed by atoms with van der Waals surface area (Å²) in [4.78, 5) is 9.68. The number of ether oxygens (including phenoxy) is 1. The SMILES string of the molecule is COc1cccc(NNN=O)c1. The molecule has 1 aromatic rings. The van der Waals surface area contributed by atoms with Crippen molar-refractivity contribution < 1.29 is 4.74 Å². The number of hydrazine groups is 1. The van der Waals surface area contributed by atoms with Crippen LogP contribution >= 0.6 is 0 Å². The van der Waals surface area contributed by atoms with Gasteiger partial charge in [-0.3, -0.25) is 5.43 Å². The maximum atomic E-state index is 9.68. The Morgan fingerprint density at radius 3 is 3.00 bits per heavy atom. The van der Waals surface area contributed by atoms with Crippen LogP contribution in [0, 0.1) is 4.91 Å². The van der Waals surface area contributed by atoms with E-state index in [0.29, 0.717) is 11.4 Å². The molecule has 0 aliphatic rings.